The van der Waals surface area contributed by atoms with Gasteiger partial charge in [0.05, 0.1) is 12.1 Å². The first-order valence-electron chi connectivity index (χ1n) is 9.64. The van der Waals surface area contributed by atoms with Crippen LogP contribution in [0.1, 0.15) is 36.9 Å². The number of likely N-dealkylation sites (tertiary alicyclic amines) is 1. The highest BCUT2D eigenvalue weighted by Gasteiger charge is 2.53. The lowest BCUT2D eigenvalue weighted by Crippen LogP contribution is -2.51. The molecule has 1 aliphatic carbocycles. The van der Waals surface area contributed by atoms with E-state index in [9.17, 15) is 9.90 Å². The Kier molecular flexibility index (Phi) is 4.74. The number of carbonyl (C=O) groups is 1. The molecule has 0 radical (unpaired) electrons. The SMILES string of the molecule is CCN(C)[C@@H]1c2ccccc2C2(CCN(C(=O)Cn3cncn3)CC2)[C@H]1O. The normalized spacial score (nSPS) is 23.8. The first-order valence-corrected chi connectivity index (χ1v) is 9.64. The molecule has 7 nitrogen and oxygen atoms in total. The molecule has 2 atom stereocenters. The maximum absolute atomic E-state index is 12.6. The van der Waals surface area contributed by atoms with Gasteiger partial charge in [0.25, 0.3) is 0 Å². The quantitative estimate of drug-likeness (QED) is 0.877. The Morgan fingerprint density at radius 1 is 1.33 bits per heavy atom. The standard InChI is InChI=1S/C20H27N5O2/c1-3-23(2)18-15-6-4-5-7-16(15)20(19(18)27)8-10-24(11-9-20)17(26)12-25-14-21-13-22-25/h4-7,13-14,18-19,27H,3,8-12H2,1-2H3/t18-,19+/m1/s1. The highest BCUT2D eigenvalue weighted by Crippen LogP contribution is 2.52. The second kappa shape index (κ2) is 7.05. The van der Waals surface area contributed by atoms with Gasteiger partial charge in [-0.05, 0) is 37.6 Å². The van der Waals surface area contributed by atoms with Gasteiger partial charge in [0, 0.05) is 18.5 Å². The van der Waals surface area contributed by atoms with Crippen LogP contribution in [0, 0.1) is 0 Å². The van der Waals surface area contributed by atoms with Crippen LogP contribution in [0.2, 0.25) is 0 Å². The Bertz CT molecular complexity index is 798. The molecule has 1 fully saturated rings. The van der Waals surface area contributed by atoms with Crippen LogP contribution in [0.5, 0.6) is 0 Å². The van der Waals surface area contributed by atoms with Crippen LogP contribution >= 0.6 is 0 Å². The number of aliphatic hydroxyl groups excluding tert-OH is 1. The molecule has 2 aliphatic rings. The topological polar surface area (TPSA) is 74.5 Å². The Morgan fingerprint density at radius 2 is 2.07 bits per heavy atom. The summed E-state index contributed by atoms with van der Waals surface area (Å²) < 4.78 is 1.55. The third-order valence-corrected chi connectivity index (χ3v) is 6.43. The van der Waals surface area contributed by atoms with E-state index in [1.54, 1.807) is 11.0 Å². The average Bonchev–Trinajstić information content (AvgIpc) is 3.28. The van der Waals surface area contributed by atoms with Crippen LogP contribution in [0.15, 0.2) is 36.9 Å². The maximum Gasteiger partial charge on any atom is 0.244 e. The van der Waals surface area contributed by atoms with Crippen molar-refractivity contribution in [3.05, 3.63) is 48.0 Å². The maximum atomic E-state index is 12.6. The number of rotatable bonds is 4. The van der Waals surface area contributed by atoms with Crippen molar-refractivity contribution >= 4 is 5.91 Å². The molecule has 0 saturated carbocycles. The van der Waals surface area contributed by atoms with Gasteiger partial charge >= 0.3 is 0 Å². The van der Waals surface area contributed by atoms with Crippen LogP contribution in [0.25, 0.3) is 0 Å². The molecular formula is C20H27N5O2. The smallest absolute Gasteiger partial charge is 0.244 e. The number of amides is 1. The van der Waals surface area contributed by atoms with Gasteiger partial charge in [-0.3, -0.25) is 9.69 Å². The van der Waals surface area contributed by atoms with E-state index in [1.165, 1.54) is 17.5 Å². The van der Waals surface area contributed by atoms with E-state index < -0.39 is 6.10 Å². The van der Waals surface area contributed by atoms with Crippen LogP contribution in [0.3, 0.4) is 0 Å². The summed E-state index contributed by atoms with van der Waals surface area (Å²) >= 11 is 0. The number of piperidine rings is 1. The number of benzene rings is 1. The van der Waals surface area contributed by atoms with Crippen molar-refractivity contribution in [2.24, 2.45) is 0 Å². The lowest BCUT2D eigenvalue weighted by Gasteiger charge is -2.43. The van der Waals surface area contributed by atoms with Crippen molar-refractivity contribution in [2.75, 3.05) is 26.7 Å². The lowest BCUT2D eigenvalue weighted by molar-refractivity contribution is -0.134. The number of hydrogen-bond donors (Lipinski definition) is 1. The number of nitrogens with zero attached hydrogens (tertiary/aromatic N) is 5. The zero-order valence-corrected chi connectivity index (χ0v) is 16.0. The van der Waals surface area contributed by atoms with Crippen LogP contribution in [0.4, 0.5) is 0 Å². The minimum atomic E-state index is -0.451. The number of fused-ring (bicyclic) bond motifs is 2. The van der Waals surface area contributed by atoms with Gasteiger partial charge in [-0.2, -0.15) is 5.10 Å². The summed E-state index contributed by atoms with van der Waals surface area (Å²) in [6, 6.07) is 8.44. The first kappa shape index (κ1) is 18.1. The molecule has 1 spiro atoms. The molecule has 0 unspecified atom stereocenters. The van der Waals surface area contributed by atoms with Gasteiger partial charge < -0.3 is 10.0 Å². The highest BCUT2D eigenvalue weighted by molar-refractivity contribution is 5.76. The van der Waals surface area contributed by atoms with Gasteiger partial charge in [-0.1, -0.05) is 31.2 Å². The monoisotopic (exact) mass is 369 g/mol. The molecule has 1 aliphatic heterocycles. The van der Waals surface area contributed by atoms with E-state index in [1.807, 2.05) is 4.90 Å². The molecule has 0 bridgehead atoms. The molecule has 2 heterocycles. The largest absolute Gasteiger partial charge is 0.390 e. The summed E-state index contributed by atoms with van der Waals surface area (Å²) in [5, 5.41) is 15.4. The molecule has 1 amide bonds. The number of aliphatic hydroxyl groups is 1. The second-order valence-corrected chi connectivity index (χ2v) is 7.68. The predicted octanol–water partition coefficient (Wildman–Crippen LogP) is 1.21. The Labute approximate surface area is 159 Å². The van der Waals surface area contributed by atoms with Crippen LogP contribution in [-0.4, -0.2) is 68.4 Å². The van der Waals surface area contributed by atoms with E-state index >= 15 is 0 Å². The second-order valence-electron chi connectivity index (χ2n) is 7.68. The summed E-state index contributed by atoms with van der Waals surface area (Å²) in [6.07, 6.45) is 4.11. The molecule has 1 saturated heterocycles. The molecule has 1 aromatic carbocycles. The first-order chi connectivity index (χ1) is 13.1. The third-order valence-electron chi connectivity index (χ3n) is 6.43. The highest BCUT2D eigenvalue weighted by atomic mass is 16.3. The average molecular weight is 369 g/mol. The van der Waals surface area contributed by atoms with Crippen LogP contribution in [-0.2, 0) is 16.8 Å². The van der Waals surface area contributed by atoms with E-state index in [0.29, 0.717) is 13.1 Å². The number of hydrogen-bond acceptors (Lipinski definition) is 5. The molecule has 4 rings (SSSR count). The summed E-state index contributed by atoms with van der Waals surface area (Å²) in [6.45, 7) is 4.52. The number of aromatic nitrogens is 3. The predicted molar refractivity (Wildman–Crippen MR) is 101 cm³/mol. The molecular weight excluding hydrogens is 342 g/mol. The van der Waals surface area contributed by atoms with Crippen molar-refractivity contribution in [2.45, 2.75) is 43.9 Å². The molecule has 144 valence electrons. The zero-order chi connectivity index (χ0) is 19.0. The zero-order valence-electron chi connectivity index (χ0n) is 16.0. The molecule has 7 heteroatoms. The Balaban J connectivity index is 1.54. The molecule has 1 N–H and O–H groups in total. The summed E-state index contributed by atoms with van der Waals surface area (Å²) in [4.78, 5) is 20.6. The third kappa shape index (κ3) is 2.95. The molecule has 1 aromatic heterocycles. The summed E-state index contributed by atoms with van der Waals surface area (Å²) in [5.74, 6) is 0.0540. The van der Waals surface area contributed by atoms with E-state index in [-0.39, 0.29) is 23.9 Å². The van der Waals surface area contributed by atoms with E-state index in [4.69, 9.17) is 0 Å². The number of carbonyl (C=O) groups excluding carboxylic acids is 1. The van der Waals surface area contributed by atoms with Gasteiger partial charge in [-0.25, -0.2) is 9.67 Å². The van der Waals surface area contributed by atoms with Gasteiger partial charge in [0.15, 0.2) is 0 Å². The van der Waals surface area contributed by atoms with Gasteiger partial charge in [-0.15, -0.1) is 0 Å². The van der Waals surface area contributed by atoms with Crippen molar-refractivity contribution in [3.63, 3.8) is 0 Å². The molecule has 27 heavy (non-hydrogen) atoms. The van der Waals surface area contributed by atoms with Gasteiger partial charge in [0.1, 0.15) is 19.2 Å². The Hall–Kier alpha value is -2.25. The Morgan fingerprint density at radius 3 is 2.74 bits per heavy atom. The van der Waals surface area contributed by atoms with Crippen LogP contribution < -0.4 is 0 Å². The fourth-order valence-corrected chi connectivity index (χ4v) is 4.79. The van der Waals surface area contributed by atoms with Crippen molar-refractivity contribution < 1.29 is 9.90 Å². The fraction of sp³-hybridized carbons (Fsp3) is 0.550. The number of likely N-dealkylation sites (N-methyl/N-ethyl adjacent to an activating group) is 1. The molecule has 2 aromatic rings. The minimum Gasteiger partial charge on any atom is -0.390 e. The lowest BCUT2D eigenvalue weighted by atomic mass is 9.72. The van der Waals surface area contributed by atoms with Crippen molar-refractivity contribution in [1.82, 2.24) is 24.6 Å². The van der Waals surface area contributed by atoms with Crippen molar-refractivity contribution in [3.8, 4) is 0 Å². The summed E-state index contributed by atoms with van der Waals surface area (Å²) in [5.41, 5.74) is 2.22. The summed E-state index contributed by atoms with van der Waals surface area (Å²) in [7, 11) is 2.07. The fourth-order valence-electron chi connectivity index (χ4n) is 4.79. The van der Waals surface area contributed by atoms with Crippen molar-refractivity contribution in [1.29, 1.82) is 0 Å². The van der Waals surface area contributed by atoms with Gasteiger partial charge in [0.2, 0.25) is 5.91 Å². The van der Waals surface area contributed by atoms with E-state index in [0.717, 1.165) is 19.4 Å². The van der Waals surface area contributed by atoms with E-state index in [2.05, 4.69) is 53.2 Å². The minimum absolute atomic E-state index is 0.0172.